The molecule has 0 radical (unpaired) electrons. The van der Waals surface area contributed by atoms with Crippen molar-refractivity contribution in [2.45, 2.75) is 50.7 Å². The second-order valence-electron chi connectivity index (χ2n) is 7.65. The lowest BCUT2D eigenvalue weighted by Crippen LogP contribution is -2.44. The van der Waals surface area contributed by atoms with Gasteiger partial charge in [-0.05, 0) is 35.8 Å². The van der Waals surface area contributed by atoms with Crippen LogP contribution in [0.4, 0.5) is 5.82 Å². The predicted molar refractivity (Wildman–Crippen MR) is 122 cm³/mol. The molecule has 1 fully saturated rings. The summed E-state index contributed by atoms with van der Waals surface area (Å²) >= 11 is 1.12. The number of rotatable bonds is 9. The molecule has 174 valence electrons. The van der Waals surface area contributed by atoms with Crippen LogP contribution >= 0.6 is 11.8 Å². The molecule has 4 rings (SSSR count). The van der Waals surface area contributed by atoms with E-state index in [1.54, 1.807) is 11.6 Å². The highest BCUT2D eigenvalue weighted by Crippen LogP contribution is 2.20. The zero-order chi connectivity index (χ0) is 23.4. The Bertz CT molecular complexity index is 1250. The maximum Gasteiger partial charge on any atom is 0.332 e. The van der Waals surface area contributed by atoms with Crippen LogP contribution in [0.1, 0.15) is 35.7 Å². The van der Waals surface area contributed by atoms with Gasteiger partial charge < -0.3 is 10.5 Å². The third-order valence-electron chi connectivity index (χ3n) is 5.48. The van der Waals surface area contributed by atoms with Crippen LogP contribution in [-0.2, 0) is 24.4 Å². The van der Waals surface area contributed by atoms with Crippen molar-refractivity contribution in [1.29, 1.82) is 0 Å². The Hall–Kier alpha value is -3.25. The molecule has 0 bridgehead atoms. The Morgan fingerprint density at radius 3 is 2.73 bits per heavy atom. The van der Waals surface area contributed by atoms with Crippen LogP contribution in [0, 0.1) is 0 Å². The van der Waals surface area contributed by atoms with Gasteiger partial charge in [-0.2, -0.15) is 0 Å². The molecule has 1 atom stereocenters. The minimum absolute atomic E-state index is 0.0393. The molecule has 3 aromatic rings. The summed E-state index contributed by atoms with van der Waals surface area (Å²) in [6, 6.07) is 9.24. The van der Waals surface area contributed by atoms with Crippen molar-refractivity contribution in [3.63, 3.8) is 0 Å². The summed E-state index contributed by atoms with van der Waals surface area (Å²) in [5, 5.41) is 12.1. The molecule has 1 aliphatic rings. The van der Waals surface area contributed by atoms with Gasteiger partial charge in [-0.3, -0.25) is 18.7 Å². The molecule has 1 aromatic carbocycles. The Labute approximate surface area is 193 Å². The number of benzene rings is 1. The topological polar surface area (TPSA) is 140 Å². The first-order chi connectivity index (χ1) is 16.0. The van der Waals surface area contributed by atoms with Gasteiger partial charge in [0.2, 0.25) is 5.16 Å². The van der Waals surface area contributed by atoms with Gasteiger partial charge >= 0.3 is 5.69 Å². The first-order valence-corrected chi connectivity index (χ1v) is 11.7. The Balaban J connectivity index is 1.59. The van der Waals surface area contributed by atoms with E-state index in [2.05, 4.69) is 15.5 Å². The van der Waals surface area contributed by atoms with Crippen molar-refractivity contribution in [2.24, 2.45) is 0 Å². The van der Waals surface area contributed by atoms with Gasteiger partial charge in [0.05, 0.1) is 24.9 Å². The quantitative estimate of drug-likeness (QED) is 0.354. The number of tetrazole rings is 1. The maximum atomic E-state index is 13.1. The van der Waals surface area contributed by atoms with Crippen molar-refractivity contribution < 1.29 is 9.53 Å². The van der Waals surface area contributed by atoms with E-state index in [1.807, 2.05) is 30.3 Å². The second kappa shape index (κ2) is 10.1. The number of carbonyl (C=O) groups excluding carboxylic acids is 1. The number of ether oxygens (including phenoxy) is 1. The van der Waals surface area contributed by atoms with Gasteiger partial charge in [-0.1, -0.05) is 42.1 Å². The van der Waals surface area contributed by atoms with Gasteiger partial charge in [0.15, 0.2) is 5.78 Å². The lowest BCUT2D eigenvalue weighted by Gasteiger charge is -2.15. The van der Waals surface area contributed by atoms with Crippen LogP contribution in [0.3, 0.4) is 0 Å². The van der Waals surface area contributed by atoms with Crippen LogP contribution in [0.15, 0.2) is 45.1 Å². The number of nitrogens with zero attached hydrogens (tertiary/aromatic N) is 6. The number of Topliss-reactive ketones (excluding diaryl/α,β-unsaturated/α-hetero) is 1. The highest BCUT2D eigenvalue weighted by Gasteiger charge is 2.24. The third-order valence-corrected chi connectivity index (χ3v) is 6.44. The number of nitrogen functional groups attached to an aromatic ring is 1. The number of thioether (sulfide) groups is 1. The molecule has 11 nitrogen and oxygen atoms in total. The molecule has 0 unspecified atom stereocenters. The summed E-state index contributed by atoms with van der Waals surface area (Å²) in [6.45, 7) is 3.17. The summed E-state index contributed by atoms with van der Waals surface area (Å²) in [4.78, 5) is 38.9. The minimum atomic E-state index is -0.686. The fraction of sp³-hybridized carbons (Fsp3) is 0.429. The van der Waals surface area contributed by atoms with Crippen LogP contribution in [0.5, 0.6) is 0 Å². The molecule has 0 spiro atoms. The summed E-state index contributed by atoms with van der Waals surface area (Å²) in [6.07, 6.45) is 1.96. The highest BCUT2D eigenvalue weighted by atomic mass is 32.2. The van der Waals surface area contributed by atoms with Gasteiger partial charge in [-0.25, -0.2) is 9.48 Å². The van der Waals surface area contributed by atoms with E-state index in [4.69, 9.17) is 10.5 Å². The smallest absolute Gasteiger partial charge is 0.332 e. The van der Waals surface area contributed by atoms with E-state index in [-0.39, 0.29) is 36.3 Å². The van der Waals surface area contributed by atoms with Crippen molar-refractivity contribution in [3.05, 3.63) is 62.3 Å². The summed E-state index contributed by atoms with van der Waals surface area (Å²) in [5.74, 6) is -0.722. The van der Waals surface area contributed by atoms with Gasteiger partial charge in [0.25, 0.3) is 5.56 Å². The van der Waals surface area contributed by atoms with Crippen molar-refractivity contribution in [1.82, 2.24) is 29.3 Å². The molecule has 1 saturated heterocycles. The number of aromatic nitrogens is 6. The number of anilines is 1. The van der Waals surface area contributed by atoms with Gasteiger partial charge in [0, 0.05) is 13.2 Å². The van der Waals surface area contributed by atoms with Crippen molar-refractivity contribution >= 4 is 23.4 Å². The molecule has 0 aliphatic carbocycles. The predicted octanol–water partition coefficient (Wildman–Crippen LogP) is 0.801. The molecule has 12 heteroatoms. The van der Waals surface area contributed by atoms with E-state index < -0.39 is 17.0 Å². The summed E-state index contributed by atoms with van der Waals surface area (Å²) in [7, 11) is 0. The van der Waals surface area contributed by atoms with Crippen molar-refractivity contribution in [2.75, 3.05) is 18.1 Å². The highest BCUT2D eigenvalue weighted by molar-refractivity contribution is 7.99. The summed E-state index contributed by atoms with van der Waals surface area (Å²) < 4.78 is 9.51. The number of hydrogen-bond acceptors (Lipinski definition) is 9. The van der Waals surface area contributed by atoms with E-state index in [0.29, 0.717) is 11.7 Å². The SMILES string of the molecule is CCn1c(=O)c(C(=O)CSc2nnnn2C[C@H]2CCCO2)c(N)n(Cc2ccccc2)c1=O. The molecule has 2 aromatic heterocycles. The van der Waals surface area contributed by atoms with E-state index in [0.717, 1.165) is 41.3 Å². The first kappa shape index (κ1) is 22.9. The average molecular weight is 472 g/mol. The molecule has 3 heterocycles. The largest absolute Gasteiger partial charge is 0.384 e. The Morgan fingerprint density at radius 1 is 1.24 bits per heavy atom. The third kappa shape index (κ3) is 4.91. The molecule has 2 N–H and O–H groups in total. The van der Waals surface area contributed by atoms with Crippen LogP contribution in [0.25, 0.3) is 0 Å². The van der Waals surface area contributed by atoms with Crippen LogP contribution < -0.4 is 17.0 Å². The van der Waals surface area contributed by atoms with E-state index in [1.165, 1.54) is 4.57 Å². The zero-order valence-corrected chi connectivity index (χ0v) is 19.0. The molecular formula is C21H25N7O4S. The standard InChI is InChI=1S/C21H25N7O4S/c1-2-26-19(30)17(18(22)27(21(26)31)11-14-7-4-3-5-8-14)16(29)13-33-20-23-24-25-28(20)12-15-9-6-10-32-15/h3-5,7-8,15H,2,6,9-13,22H2,1H3/t15-/m1/s1. The number of carbonyl (C=O) groups is 1. The molecule has 1 aliphatic heterocycles. The Kier molecular flexibility index (Phi) is 7.04. The normalized spacial score (nSPS) is 15.7. The average Bonchev–Trinajstić information content (AvgIpc) is 3.49. The lowest BCUT2D eigenvalue weighted by molar-refractivity contribution is 0.0912. The van der Waals surface area contributed by atoms with Gasteiger partial charge in [0.1, 0.15) is 11.4 Å². The van der Waals surface area contributed by atoms with Crippen LogP contribution in [0.2, 0.25) is 0 Å². The van der Waals surface area contributed by atoms with E-state index >= 15 is 0 Å². The molecule has 0 saturated carbocycles. The fourth-order valence-corrected chi connectivity index (χ4v) is 4.53. The zero-order valence-electron chi connectivity index (χ0n) is 18.2. The van der Waals surface area contributed by atoms with Crippen molar-refractivity contribution in [3.8, 4) is 0 Å². The monoisotopic (exact) mass is 471 g/mol. The van der Waals surface area contributed by atoms with Crippen LogP contribution in [-0.4, -0.2) is 53.6 Å². The molecule has 33 heavy (non-hydrogen) atoms. The fourth-order valence-electron chi connectivity index (χ4n) is 3.77. The van der Waals surface area contributed by atoms with E-state index in [9.17, 15) is 14.4 Å². The number of ketones is 1. The minimum Gasteiger partial charge on any atom is -0.384 e. The lowest BCUT2D eigenvalue weighted by atomic mass is 10.2. The summed E-state index contributed by atoms with van der Waals surface area (Å²) in [5.41, 5.74) is 5.60. The van der Waals surface area contributed by atoms with Gasteiger partial charge in [-0.15, -0.1) is 5.10 Å². The second-order valence-corrected chi connectivity index (χ2v) is 8.60. The first-order valence-electron chi connectivity index (χ1n) is 10.7. The Morgan fingerprint density at radius 2 is 2.03 bits per heavy atom. The number of hydrogen-bond donors (Lipinski definition) is 1. The number of nitrogens with two attached hydrogens (primary N) is 1. The molecule has 0 amide bonds. The maximum absolute atomic E-state index is 13.1. The molecular weight excluding hydrogens is 446 g/mol.